The van der Waals surface area contributed by atoms with Crippen LogP contribution in [0.5, 0.6) is 0 Å². The number of hydrogen-bond donors (Lipinski definition) is 1. The lowest BCUT2D eigenvalue weighted by molar-refractivity contribution is -0.137. The highest BCUT2D eigenvalue weighted by molar-refractivity contribution is 9.10. The summed E-state index contributed by atoms with van der Waals surface area (Å²) in [5, 5.41) is 12.1. The molecule has 0 aliphatic rings. The Labute approximate surface area is 185 Å². The Morgan fingerprint density at radius 1 is 1.13 bits per heavy atom. The van der Waals surface area contributed by atoms with Gasteiger partial charge in [-0.05, 0) is 74.0 Å². The molecule has 158 valence electrons. The van der Waals surface area contributed by atoms with E-state index in [0.717, 1.165) is 16.6 Å². The number of amides is 1. The van der Waals surface area contributed by atoms with E-state index in [0.29, 0.717) is 28.3 Å². The molecule has 3 rings (SSSR count). The molecular weight excluding hydrogens is 471 g/mol. The second-order valence-corrected chi connectivity index (χ2v) is 7.76. The van der Waals surface area contributed by atoms with Gasteiger partial charge in [0.2, 0.25) is 0 Å². The van der Waals surface area contributed by atoms with Crippen LogP contribution in [0.15, 0.2) is 64.6 Å². The molecule has 1 heterocycles. The van der Waals surface area contributed by atoms with Gasteiger partial charge in [0.15, 0.2) is 0 Å². The van der Waals surface area contributed by atoms with Crippen molar-refractivity contribution in [2.75, 3.05) is 5.32 Å². The van der Waals surface area contributed by atoms with Gasteiger partial charge in [-0.1, -0.05) is 22.0 Å². The Hall–Kier alpha value is -3.31. The van der Waals surface area contributed by atoms with Gasteiger partial charge < -0.3 is 9.88 Å². The fourth-order valence-electron chi connectivity index (χ4n) is 3.19. The molecule has 3 aromatic rings. The van der Waals surface area contributed by atoms with Crippen LogP contribution in [-0.4, -0.2) is 10.5 Å². The van der Waals surface area contributed by atoms with E-state index in [1.807, 2.05) is 6.07 Å². The van der Waals surface area contributed by atoms with Gasteiger partial charge in [0, 0.05) is 27.2 Å². The molecule has 1 N–H and O–H groups in total. The van der Waals surface area contributed by atoms with Crippen LogP contribution < -0.4 is 5.32 Å². The number of carbonyl (C=O) groups is 1. The maximum absolute atomic E-state index is 13.1. The van der Waals surface area contributed by atoms with Crippen molar-refractivity contribution in [2.45, 2.75) is 20.0 Å². The maximum atomic E-state index is 13.1. The molecule has 0 spiro atoms. The zero-order chi connectivity index (χ0) is 22.8. The Kier molecular flexibility index (Phi) is 6.37. The van der Waals surface area contributed by atoms with Crippen molar-refractivity contribution >= 4 is 33.6 Å². The van der Waals surface area contributed by atoms with E-state index >= 15 is 0 Å². The number of alkyl halides is 3. The normalized spacial score (nSPS) is 11.8. The van der Waals surface area contributed by atoms with Crippen molar-refractivity contribution in [1.82, 2.24) is 4.57 Å². The lowest BCUT2D eigenvalue weighted by atomic mass is 10.1. The molecule has 1 amide bonds. The lowest BCUT2D eigenvalue weighted by Crippen LogP contribution is -2.13. The molecule has 0 unspecified atom stereocenters. The molecule has 0 radical (unpaired) electrons. The van der Waals surface area contributed by atoms with Crippen LogP contribution in [0.25, 0.3) is 11.8 Å². The highest BCUT2D eigenvalue weighted by atomic mass is 79.9. The first-order chi connectivity index (χ1) is 14.6. The third-order valence-electron chi connectivity index (χ3n) is 4.67. The van der Waals surface area contributed by atoms with Gasteiger partial charge in [0.1, 0.15) is 11.6 Å². The lowest BCUT2D eigenvalue weighted by Gasteiger charge is -2.13. The Morgan fingerprint density at radius 3 is 2.42 bits per heavy atom. The quantitative estimate of drug-likeness (QED) is 0.340. The smallest absolute Gasteiger partial charge is 0.321 e. The Balaban J connectivity index is 1.95. The first-order valence-electron chi connectivity index (χ1n) is 9.15. The van der Waals surface area contributed by atoms with Gasteiger partial charge in [-0.3, -0.25) is 4.79 Å². The number of nitrogens with one attached hydrogen (secondary N) is 1. The number of anilines is 1. The van der Waals surface area contributed by atoms with Gasteiger partial charge in [0.05, 0.1) is 5.56 Å². The molecule has 0 bridgehead atoms. The molecule has 1 aromatic heterocycles. The van der Waals surface area contributed by atoms with Crippen molar-refractivity contribution in [3.8, 4) is 11.8 Å². The molecular formula is C23H17BrF3N3O. The zero-order valence-electron chi connectivity index (χ0n) is 16.6. The van der Waals surface area contributed by atoms with Crippen LogP contribution in [0.4, 0.5) is 18.9 Å². The minimum atomic E-state index is -4.45. The third kappa shape index (κ3) is 5.06. The average Bonchev–Trinajstić information content (AvgIpc) is 3.00. The van der Waals surface area contributed by atoms with Crippen molar-refractivity contribution in [3.05, 3.63) is 87.2 Å². The van der Waals surface area contributed by atoms with E-state index in [1.165, 1.54) is 12.1 Å². The van der Waals surface area contributed by atoms with E-state index < -0.39 is 17.6 Å². The molecule has 0 aliphatic carbocycles. The molecule has 0 fully saturated rings. The minimum Gasteiger partial charge on any atom is -0.321 e. The summed E-state index contributed by atoms with van der Waals surface area (Å²) in [6.45, 7) is 3.47. The van der Waals surface area contributed by atoms with Crippen LogP contribution in [0.1, 0.15) is 22.5 Å². The summed E-state index contributed by atoms with van der Waals surface area (Å²) in [5.41, 5.74) is 1.87. The summed E-state index contributed by atoms with van der Waals surface area (Å²) in [7, 11) is 0. The summed E-state index contributed by atoms with van der Waals surface area (Å²) in [6, 6.07) is 15.5. The van der Waals surface area contributed by atoms with Crippen LogP contribution in [-0.2, 0) is 11.0 Å². The average molecular weight is 488 g/mol. The first-order valence-corrected chi connectivity index (χ1v) is 9.94. The molecule has 8 heteroatoms. The monoisotopic (exact) mass is 487 g/mol. The summed E-state index contributed by atoms with van der Waals surface area (Å²) in [5.74, 6) is -0.575. The second-order valence-electron chi connectivity index (χ2n) is 6.84. The molecule has 4 nitrogen and oxygen atoms in total. The predicted octanol–water partition coefficient (Wildman–Crippen LogP) is 6.42. The Bertz CT molecular complexity index is 1200. The number of nitrogens with zero attached hydrogens (tertiary/aromatic N) is 2. The van der Waals surface area contributed by atoms with Crippen LogP contribution in [0.2, 0.25) is 0 Å². The maximum Gasteiger partial charge on any atom is 0.416 e. The first kappa shape index (κ1) is 22.4. The summed E-state index contributed by atoms with van der Waals surface area (Å²) >= 11 is 3.31. The summed E-state index contributed by atoms with van der Waals surface area (Å²) in [6.07, 6.45) is -3.02. The second kappa shape index (κ2) is 8.82. The molecule has 0 aliphatic heterocycles. The van der Waals surface area contributed by atoms with Gasteiger partial charge in [-0.2, -0.15) is 18.4 Å². The summed E-state index contributed by atoms with van der Waals surface area (Å²) < 4.78 is 41.8. The molecule has 2 aromatic carbocycles. The fraction of sp³-hybridized carbons (Fsp3) is 0.130. The number of rotatable bonds is 4. The van der Waals surface area contributed by atoms with Crippen molar-refractivity contribution in [2.24, 2.45) is 0 Å². The number of carbonyl (C=O) groups excluding carboxylic acids is 1. The fourth-order valence-corrected chi connectivity index (χ4v) is 3.45. The standard InChI is InChI=1S/C23H17BrF3N3O/c1-14-10-16(11-17(13-28)22(31)29-20-8-6-19(24)7-9-20)15(2)30(14)21-5-3-4-18(12-21)23(25,26)27/h3-12H,1-2H3,(H,29,31)/b17-11-. The van der Waals surface area contributed by atoms with E-state index in [4.69, 9.17) is 0 Å². The number of halogens is 4. The zero-order valence-corrected chi connectivity index (χ0v) is 18.2. The van der Waals surface area contributed by atoms with Gasteiger partial charge in [0.25, 0.3) is 5.91 Å². The molecule has 0 atom stereocenters. The largest absolute Gasteiger partial charge is 0.416 e. The molecule has 0 saturated carbocycles. The molecule has 31 heavy (non-hydrogen) atoms. The number of aromatic nitrogens is 1. The van der Waals surface area contributed by atoms with Crippen molar-refractivity contribution < 1.29 is 18.0 Å². The van der Waals surface area contributed by atoms with Gasteiger partial charge in [-0.15, -0.1) is 0 Å². The molecule has 0 saturated heterocycles. The van der Waals surface area contributed by atoms with E-state index in [9.17, 15) is 23.2 Å². The third-order valence-corrected chi connectivity index (χ3v) is 5.20. The van der Waals surface area contributed by atoms with E-state index in [1.54, 1.807) is 54.8 Å². The number of benzene rings is 2. The topological polar surface area (TPSA) is 57.8 Å². The predicted molar refractivity (Wildman–Crippen MR) is 117 cm³/mol. The highest BCUT2D eigenvalue weighted by Gasteiger charge is 2.30. The summed E-state index contributed by atoms with van der Waals surface area (Å²) in [4.78, 5) is 12.5. The van der Waals surface area contributed by atoms with Crippen molar-refractivity contribution in [1.29, 1.82) is 5.26 Å². The van der Waals surface area contributed by atoms with Crippen molar-refractivity contribution in [3.63, 3.8) is 0 Å². The van der Waals surface area contributed by atoms with Gasteiger partial charge >= 0.3 is 6.18 Å². The van der Waals surface area contributed by atoms with Crippen LogP contribution >= 0.6 is 15.9 Å². The van der Waals surface area contributed by atoms with Crippen LogP contribution in [0, 0.1) is 25.2 Å². The van der Waals surface area contributed by atoms with Gasteiger partial charge in [-0.25, -0.2) is 0 Å². The Morgan fingerprint density at radius 2 is 1.81 bits per heavy atom. The number of hydrogen-bond acceptors (Lipinski definition) is 2. The number of nitriles is 1. The van der Waals surface area contributed by atoms with E-state index in [-0.39, 0.29) is 5.57 Å². The van der Waals surface area contributed by atoms with E-state index in [2.05, 4.69) is 21.2 Å². The number of aryl methyl sites for hydroxylation is 1. The van der Waals surface area contributed by atoms with Crippen LogP contribution in [0.3, 0.4) is 0 Å². The highest BCUT2D eigenvalue weighted by Crippen LogP contribution is 2.31. The SMILES string of the molecule is Cc1cc(/C=C(/C#N)C(=O)Nc2ccc(Br)cc2)c(C)n1-c1cccc(C(F)(F)F)c1. The minimum absolute atomic E-state index is 0.118.